The highest BCUT2D eigenvalue weighted by atomic mass is 79.9. The number of aryl methyl sites for hydroxylation is 1. The maximum atomic E-state index is 12.8. The average molecular weight is 464 g/mol. The van der Waals surface area contributed by atoms with Gasteiger partial charge in [0.2, 0.25) is 0 Å². The summed E-state index contributed by atoms with van der Waals surface area (Å²) in [5, 5.41) is 11.9. The molecule has 0 unspecified atom stereocenters. The molecule has 146 valence electrons. The van der Waals surface area contributed by atoms with Gasteiger partial charge in [0.25, 0.3) is 10.0 Å². The van der Waals surface area contributed by atoms with Gasteiger partial charge in [0.15, 0.2) is 5.57 Å². The van der Waals surface area contributed by atoms with Crippen LogP contribution >= 0.6 is 15.9 Å². The van der Waals surface area contributed by atoms with Crippen molar-refractivity contribution in [2.24, 2.45) is 0 Å². The number of esters is 1. The molecule has 2 rings (SSSR count). The Bertz CT molecular complexity index is 1060. The number of hydrogen-bond acceptors (Lipinski definition) is 6. The lowest BCUT2D eigenvalue weighted by atomic mass is 10.2. The van der Waals surface area contributed by atoms with Gasteiger partial charge in [-0.2, -0.15) is 5.26 Å². The Labute approximate surface area is 172 Å². The molecule has 0 spiro atoms. The first kappa shape index (κ1) is 21.5. The van der Waals surface area contributed by atoms with E-state index >= 15 is 0 Å². The fraction of sp³-hybridized carbons (Fsp3) is 0.158. The summed E-state index contributed by atoms with van der Waals surface area (Å²) < 4.78 is 33.6. The molecular formula is C19H18BrN3O4S. The second kappa shape index (κ2) is 9.39. The number of carbonyl (C=O) groups excluding carboxylic acids is 1. The number of rotatable bonds is 7. The minimum atomic E-state index is -3.86. The average Bonchev–Trinajstić information content (AvgIpc) is 2.65. The standard InChI is InChI=1S/C19H18BrN3O4S/c1-3-27-19(24)14(11-21)12-22-16-6-4-5-7-17(16)23-28(25,26)18-10-15(20)9-8-13(18)2/h4-10,12,22-23H,3H2,1-2H3/b14-12+. The van der Waals surface area contributed by atoms with Crippen molar-refractivity contribution in [3.8, 4) is 6.07 Å². The van der Waals surface area contributed by atoms with Gasteiger partial charge < -0.3 is 10.1 Å². The van der Waals surface area contributed by atoms with Crippen molar-refractivity contribution in [2.75, 3.05) is 16.6 Å². The third kappa shape index (κ3) is 5.34. The monoisotopic (exact) mass is 463 g/mol. The first-order valence-corrected chi connectivity index (χ1v) is 10.5. The quantitative estimate of drug-likeness (QED) is 0.365. The molecule has 0 aliphatic heterocycles. The van der Waals surface area contributed by atoms with Crippen LogP contribution in [0.3, 0.4) is 0 Å². The van der Waals surface area contributed by atoms with E-state index in [1.807, 2.05) is 0 Å². The first-order valence-electron chi connectivity index (χ1n) is 8.20. The molecule has 0 aromatic heterocycles. The molecule has 2 aromatic carbocycles. The van der Waals surface area contributed by atoms with Crippen LogP contribution in [0.1, 0.15) is 12.5 Å². The summed E-state index contributed by atoms with van der Waals surface area (Å²) in [5.74, 6) is -0.764. The Morgan fingerprint density at radius 3 is 2.57 bits per heavy atom. The van der Waals surface area contributed by atoms with Crippen molar-refractivity contribution in [1.29, 1.82) is 5.26 Å². The van der Waals surface area contributed by atoms with Crippen LogP contribution in [0.5, 0.6) is 0 Å². The molecule has 0 heterocycles. The van der Waals surface area contributed by atoms with Crippen molar-refractivity contribution in [1.82, 2.24) is 0 Å². The number of nitrogens with zero attached hydrogens (tertiary/aromatic N) is 1. The zero-order chi connectivity index (χ0) is 20.7. The molecular weight excluding hydrogens is 446 g/mol. The van der Waals surface area contributed by atoms with Gasteiger partial charge in [-0.1, -0.05) is 34.1 Å². The largest absolute Gasteiger partial charge is 0.462 e. The topological polar surface area (TPSA) is 108 Å². The minimum absolute atomic E-state index is 0.136. The number of sulfonamides is 1. The predicted octanol–water partition coefficient (Wildman–Crippen LogP) is 3.94. The first-order chi connectivity index (χ1) is 13.3. The van der Waals surface area contributed by atoms with Crippen LogP contribution in [0.25, 0.3) is 0 Å². The van der Waals surface area contributed by atoms with Gasteiger partial charge in [-0.15, -0.1) is 0 Å². The highest BCUT2D eigenvalue weighted by Crippen LogP contribution is 2.27. The number of ether oxygens (including phenoxy) is 1. The fourth-order valence-electron chi connectivity index (χ4n) is 2.26. The summed E-state index contributed by atoms with van der Waals surface area (Å²) in [5.41, 5.74) is 0.993. The van der Waals surface area contributed by atoms with E-state index in [1.54, 1.807) is 56.3 Å². The molecule has 0 fully saturated rings. The predicted molar refractivity (Wildman–Crippen MR) is 110 cm³/mol. The lowest BCUT2D eigenvalue weighted by Crippen LogP contribution is -2.15. The van der Waals surface area contributed by atoms with Crippen LogP contribution < -0.4 is 10.0 Å². The third-order valence-electron chi connectivity index (χ3n) is 3.60. The maximum Gasteiger partial charge on any atom is 0.350 e. The molecule has 9 heteroatoms. The molecule has 28 heavy (non-hydrogen) atoms. The molecule has 0 amide bonds. The van der Waals surface area contributed by atoms with Crippen LogP contribution in [0.4, 0.5) is 11.4 Å². The molecule has 0 radical (unpaired) electrons. The molecule has 0 atom stereocenters. The molecule has 2 N–H and O–H groups in total. The van der Waals surface area contributed by atoms with Gasteiger partial charge >= 0.3 is 5.97 Å². The summed E-state index contributed by atoms with van der Waals surface area (Å²) in [6, 6.07) is 13.2. The van der Waals surface area contributed by atoms with Gasteiger partial charge in [0.1, 0.15) is 6.07 Å². The van der Waals surface area contributed by atoms with Crippen LogP contribution in [0.15, 0.2) is 63.6 Å². The van der Waals surface area contributed by atoms with E-state index in [2.05, 4.69) is 26.0 Å². The van der Waals surface area contributed by atoms with Crippen molar-refractivity contribution in [3.63, 3.8) is 0 Å². The summed E-state index contributed by atoms with van der Waals surface area (Å²) in [6.45, 7) is 3.47. The van der Waals surface area contributed by atoms with Gasteiger partial charge in [0, 0.05) is 10.7 Å². The van der Waals surface area contributed by atoms with E-state index in [4.69, 9.17) is 10.00 Å². The van der Waals surface area contributed by atoms with Crippen LogP contribution in [0.2, 0.25) is 0 Å². The minimum Gasteiger partial charge on any atom is -0.462 e. The highest BCUT2D eigenvalue weighted by molar-refractivity contribution is 9.10. The zero-order valence-corrected chi connectivity index (χ0v) is 17.6. The summed E-state index contributed by atoms with van der Waals surface area (Å²) in [6.07, 6.45) is 1.18. The van der Waals surface area contributed by atoms with Crippen LogP contribution in [0, 0.1) is 18.3 Å². The van der Waals surface area contributed by atoms with E-state index in [-0.39, 0.29) is 22.8 Å². The SMILES string of the molecule is CCOC(=O)/C(C#N)=C/Nc1ccccc1NS(=O)(=O)c1cc(Br)ccc1C. The summed E-state index contributed by atoms with van der Waals surface area (Å²) >= 11 is 3.28. The molecule has 0 aliphatic carbocycles. The number of nitriles is 1. The Hall–Kier alpha value is -2.83. The molecule has 0 saturated heterocycles. The van der Waals surface area contributed by atoms with Gasteiger partial charge in [-0.25, -0.2) is 13.2 Å². The second-order valence-electron chi connectivity index (χ2n) is 5.60. The lowest BCUT2D eigenvalue weighted by molar-refractivity contribution is -0.138. The van der Waals surface area contributed by atoms with Crippen LogP contribution in [-0.4, -0.2) is 21.0 Å². The molecule has 0 saturated carbocycles. The summed E-state index contributed by atoms with van der Waals surface area (Å²) in [7, 11) is -3.86. The van der Waals surface area contributed by atoms with Gasteiger partial charge in [-0.05, 0) is 43.7 Å². The number of para-hydroxylation sites is 2. The van der Waals surface area contributed by atoms with Gasteiger partial charge in [-0.3, -0.25) is 4.72 Å². The Morgan fingerprint density at radius 2 is 1.93 bits per heavy atom. The summed E-state index contributed by atoms with van der Waals surface area (Å²) in [4.78, 5) is 11.8. The third-order valence-corrected chi connectivity index (χ3v) is 5.60. The number of carbonyl (C=O) groups is 1. The van der Waals surface area contributed by atoms with Crippen LogP contribution in [-0.2, 0) is 19.6 Å². The lowest BCUT2D eigenvalue weighted by Gasteiger charge is -2.14. The molecule has 7 nitrogen and oxygen atoms in total. The number of nitrogens with one attached hydrogen (secondary N) is 2. The van der Waals surface area contributed by atoms with Crippen molar-refractivity contribution in [2.45, 2.75) is 18.7 Å². The second-order valence-corrected chi connectivity index (χ2v) is 8.16. The van der Waals surface area contributed by atoms with Crippen molar-refractivity contribution < 1.29 is 17.9 Å². The Kier molecular flexibility index (Phi) is 7.20. The number of benzene rings is 2. The van der Waals surface area contributed by atoms with Crippen molar-refractivity contribution in [3.05, 3.63) is 64.3 Å². The van der Waals surface area contributed by atoms with Crippen molar-refractivity contribution >= 4 is 43.3 Å². The van der Waals surface area contributed by atoms with E-state index in [1.165, 1.54) is 12.3 Å². The Morgan fingerprint density at radius 1 is 1.25 bits per heavy atom. The molecule has 0 bridgehead atoms. The van der Waals surface area contributed by atoms with E-state index in [0.29, 0.717) is 15.7 Å². The highest BCUT2D eigenvalue weighted by Gasteiger charge is 2.19. The molecule has 2 aromatic rings. The van der Waals surface area contributed by atoms with E-state index in [9.17, 15) is 13.2 Å². The maximum absolute atomic E-state index is 12.8. The van der Waals surface area contributed by atoms with E-state index in [0.717, 1.165) is 0 Å². The van der Waals surface area contributed by atoms with E-state index < -0.39 is 16.0 Å². The number of halogens is 1. The molecule has 0 aliphatic rings. The Balaban J connectivity index is 2.33. The van der Waals surface area contributed by atoms with Gasteiger partial charge in [0.05, 0.1) is 22.9 Å². The normalized spacial score (nSPS) is 11.4. The fourth-order valence-corrected chi connectivity index (χ4v) is 4.12. The zero-order valence-electron chi connectivity index (χ0n) is 15.2. The number of anilines is 2. The smallest absolute Gasteiger partial charge is 0.350 e. The number of hydrogen-bond donors (Lipinski definition) is 2.